The molecule has 0 aromatic carbocycles. The summed E-state index contributed by atoms with van der Waals surface area (Å²) in [7, 11) is 0. The van der Waals surface area contributed by atoms with Gasteiger partial charge in [-0.25, -0.2) is 4.98 Å². The van der Waals surface area contributed by atoms with Crippen LogP contribution < -0.4 is 0 Å². The molecule has 0 spiro atoms. The number of aromatic nitrogens is 1. The maximum Gasteiger partial charge on any atom is 0.308 e. The lowest BCUT2D eigenvalue weighted by atomic mass is 9.93. The molecule has 1 aromatic rings. The molecule has 1 aliphatic heterocycles. The molecule has 0 radical (unpaired) electrons. The maximum atomic E-state index is 12.5. The van der Waals surface area contributed by atoms with Crippen LogP contribution in [0.1, 0.15) is 40.1 Å². The summed E-state index contributed by atoms with van der Waals surface area (Å²) in [6.07, 6.45) is 1.38. The highest BCUT2D eigenvalue weighted by molar-refractivity contribution is 7.13. The van der Waals surface area contributed by atoms with Gasteiger partial charge in [0.25, 0.3) is 5.91 Å². The van der Waals surface area contributed by atoms with E-state index in [1.807, 2.05) is 20.8 Å². The quantitative estimate of drug-likeness (QED) is 0.901. The third-order valence-corrected chi connectivity index (χ3v) is 4.65. The first-order valence-electron chi connectivity index (χ1n) is 6.38. The van der Waals surface area contributed by atoms with Crippen molar-refractivity contribution in [3.63, 3.8) is 0 Å². The second kappa shape index (κ2) is 5.28. The molecule has 2 atom stereocenters. The molecule has 2 unspecified atom stereocenters. The number of carbonyl (C=O) groups is 2. The number of likely N-dealkylation sites (tertiary alicyclic amines) is 1. The van der Waals surface area contributed by atoms with Crippen LogP contribution in [0.4, 0.5) is 0 Å². The largest absolute Gasteiger partial charge is 0.481 e. The van der Waals surface area contributed by atoms with Gasteiger partial charge >= 0.3 is 5.97 Å². The zero-order valence-electron chi connectivity index (χ0n) is 11.3. The summed E-state index contributed by atoms with van der Waals surface area (Å²) in [6, 6.07) is 0.0879. The highest BCUT2D eigenvalue weighted by atomic mass is 32.1. The van der Waals surface area contributed by atoms with Crippen molar-refractivity contribution in [2.75, 3.05) is 6.54 Å². The summed E-state index contributed by atoms with van der Waals surface area (Å²) in [6.45, 7) is 5.96. The minimum absolute atomic E-state index is 0.0819. The molecule has 6 heteroatoms. The summed E-state index contributed by atoms with van der Waals surface area (Å²) >= 11 is 1.38. The second-order valence-corrected chi connectivity index (χ2v) is 6.27. The Labute approximate surface area is 116 Å². The van der Waals surface area contributed by atoms with Crippen LogP contribution in [-0.4, -0.2) is 39.5 Å². The third kappa shape index (κ3) is 2.78. The Balaban J connectivity index is 2.21. The topological polar surface area (TPSA) is 70.5 Å². The molecular formula is C13H18N2O3S. The van der Waals surface area contributed by atoms with E-state index in [4.69, 9.17) is 5.11 Å². The summed E-state index contributed by atoms with van der Waals surface area (Å²) in [5, 5.41) is 9.97. The van der Waals surface area contributed by atoms with E-state index in [0.29, 0.717) is 17.8 Å². The van der Waals surface area contributed by atoms with E-state index in [1.54, 1.807) is 4.90 Å². The number of carboxylic acids is 1. The van der Waals surface area contributed by atoms with Crippen LogP contribution >= 0.6 is 11.3 Å². The molecule has 1 N–H and O–H groups in total. The van der Waals surface area contributed by atoms with Crippen molar-refractivity contribution in [1.29, 1.82) is 0 Å². The first-order valence-corrected chi connectivity index (χ1v) is 7.19. The van der Waals surface area contributed by atoms with Crippen LogP contribution in [0.25, 0.3) is 0 Å². The van der Waals surface area contributed by atoms with E-state index in [0.717, 1.165) is 17.1 Å². The van der Waals surface area contributed by atoms with Crippen molar-refractivity contribution in [3.8, 4) is 0 Å². The smallest absolute Gasteiger partial charge is 0.308 e. The predicted octanol–water partition coefficient (Wildman–Crippen LogP) is 2.09. The van der Waals surface area contributed by atoms with Crippen LogP contribution in [0.5, 0.6) is 0 Å². The lowest BCUT2D eigenvalue weighted by Crippen LogP contribution is -2.47. The maximum absolute atomic E-state index is 12.5. The highest BCUT2D eigenvalue weighted by Crippen LogP contribution is 2.26. The van der Waals surface area contributed by atoms with Gasteiger partial charge in [0.2, 0.25) is 0 Å². The van der Waals surface area contributed by atoms with Crippen molar-refractivity contribution < 1.29 is 14.7 Å². The number of aryl methyl sites for hydroxylation is 2. The van der Waals surface area contributed by atoms with E-state index >= 15 is 0 Å². The average Bonchev–Trinajstić information content (AvgIpc) is 2.68. The minimum Gasteiger partial charge on any atom is -0.481 e. The Morgan fingerprint density at radius 2 is 2.05 bits per heavy atom. The Hall–Kier alpha value is -1.43. The molecule has 2 rings (SSSR count). The van der Waals surface area contributed by atoms with Gasteiger partial charge in [-0.2, -0.15) is 0 Å². The van der Waals surface area contributed by atoms with Gasteiger partial charge in [0.15, 0.2) is 0 Å². The molecule has 0 saturated carbocycles. The average molecular weight is 282 g/mol. The standard InChI is InChI=1S/C13H18N2O3S/c1-7-4-5-10(13(17)18)6-15(7)12(16)11-8(2)14-9(3)19-11/h7,10H,4-6H2,1-3H3,(H,17,18). The van der Waals surface area contributed by atoms with Crippen LogP contribution in [0.15, 0.2) is 0 Å². The van der Waals surface area contributed by atoms with Crippen molar-refractivity contribution in [1.82, 2.24) is 9.88 Å². The van der Waals surface area contributed by atoms with Crippen molar-refractivity contribution in [2.45, 2.75) is 39.7 Å². The van der Waals surface area contributed by atoms with E-state index in [-0.39, 0.29) is 11.9 Å². The van der Waals surface area contributed by atoms with Gasteiger partial charge in [-0.3, -0.25) is 9.59 Å². The van der Waals surface area contributed by atoms with Gasteiger partial charge in [-0.1, -0.05) is 0 Å². The molecule has 5 nitrogen and oxygen atoms in total. The molecule has 1 saturated heterocycles. The molecule has 0 aliphatic carbocycles. The molecule has 2 heterocycles. The van der Waals surface area contributed by atoms with Crippen molar-refractivity contribution in [3.05, 3.63) is 15.6 Å². The molecule has 1 aliphatic rings. The summed E-state index contributed by atoms with van der Waals surface area (Å²) in [5.41, 5.74) is 0.733. The first kappa shape index (κ1) is 14.0. The highest BCUT2D eigenvalue weighted by Gasteiger charge is 2.34. The third-order valence-electron chi connectivity index (χ3n) is 3.59. The van der Waals surface area contributed by atoms with Gasteiger partial charge in [0.1, 0.15) is 4.88 Å². The zero-order valence-corrected chi connectivity index (χ0v) is 12.2. The first-order chi connectivity index (χ1) is 8.90. The Morgan fingerprint density at radius 3 is 2.58 bits per heavy atom. The number of nitrogens with zero attached hydrogens (tertiary/aromatic N) is 2. The Morgan fingerprint density at radius 1 is 1.37 bits per heavy atom. The van der Waals surface area contributed by atoms with Gasteiger partial charge in [0, 0.05) is 12.6 Å². The van der Waals surface area contributed by atoms with Crippen molar-refractivity contribution in [2.24, 2.45) is 5.92 Å². The fourth-order valence-electron chi connectivity index (χ4n) is 2.45. The monoisotopic (exact) mass is 282 g/mol. The predicted molar refractivity (Wildman–Crippen MR) is 72.4 cm³/mol. The van der Waals surface area contributed by atoms with E-state index in [9.17, 15) is 9.59 Å². The number of aliphatic carboxylic acids is 1. The summed E-state index contributed by atoms with van der Waals surface area (Å²) in [5.74, 6) is -1.35. The van der Waals surface area contributed by atoms with Crippen molar-refractivity contribution >= 4 is 23.2 Å². The van der Waals surface area contributed by atoms with Crippen LogP contribution in [0, 0.1) is 19.8 Å². The Bertz CT molecular complexity index is 512. The number of thiazole rings is 1. The molecule has 104 valence electrons. The number of amides is 1. The zero-order chi connectivity index (χ0) is 14.2. The van der Waals surface area contributed by atoms with Gasteiger partial charge in [-0.15, -0.1) is 11.3 Å². The van der Waals surface area contributed by atoms with Gasteiger partial charge < -0.3 is 10.0 Å². The van der Waals surface area contributed by atoms with Crippen LogP contribution in [0.3, 0.4) is 0 Å². The second-order valence-electron chi connectivity index (χ2n) is 5.07. The Kier molecular flexibility index (Phi) is 3.89. The number of carbonyl (C=O) groups excluding carboxylic acids is 1. The fourth-order valence-corrected chi connectivity index (χ4v) is 3.33. The SMILES string of the molecule is Cc1nc(C)c(C(=O)N2CC(C(=O)O)CCC2C)s1. The van der Waals surface area contributed by atoms with E-state index in [2.05, 4.69) is 4.98 Å². The van der Waals surface area contributed by atoms with E-state index < -0.39 is 11.9 Å². The molecule has 0 bridgehead atoms. The minimum atomic E-state index is -0.818. The normalized spacial score (nSPS) is 23.4. The fraction of sp³-hybridized carbons (Fsp3) is 0.615. The lowest BCUT2D eigenvalue weighted by molar-refractivity contribution is -0.143. The van der Waals surface area contributed by atoms with Crippen LogP contribution in [0.2, 0.25) is 0 Å². The number of carboxylic acid groups (broad SMARTS) is 1. The van der Waals surface area contributed by atoms with Crippen LogP contribution in [-0.2, 0) is 4.79 Å². The number of hydrogen-bond acceptors (Lipinski definition) is 4. The number of piperidine rings is 1. The summed E-state index contributed by atoms with van der Waals surface area (Å²) < 4.78 is 0. The molecule has 1 fully saturated rings. The summed E-state index contributed by atoms with van der Waals surface area (Å²) in [4.78, 5) is 30.2. The lowest BCUT2D eigenvalue weighted by Gasteiger charge is -2.36. The molecule has 1 aromatic heterocycles. The molecule has 19 heavy (non-hydrogen) atoms. The van der Waals surface area contributed by atoms with Gasteiger partial charge in [0.05, 0.1) is 16.6 Å². The molecular weight excluding hydrogens is 264 g/mol. The number of rotatable bonds is 2. The number of hydrogen-bond donors (Lipinski definition) is 1. The molecule has 1 amide bonds. The van der Waals surface area contributed by atoms with Gasteiger partial charge in [-0.05, 0) is 33.6 Å². The van der Waals surface area contributed by atoms with E-state index in [1.165, 1.54) is 11.3 Å².